The van der Waals surface area contributed by atoms with Crippen molar-refractivity contribution in [3.63, 3.8) is 0 Å². The molecule has 5 heteroatoms. The summed E-state index contributed by atoms with van der Waals surface area (Å²) in [6.07, 6.45) is 0.434. The molecule has 1 aromatic rings. The Bertz CT molecular complexity index is 504. The van der Waals surface area contributed by atoms with E-state index < -0.39 is 0 Å². The van der Waals surface area contributed by atoms with E-state index in [9.17, 15) is 4.79 Å². The molecule has 1 fully saturated rings. The zero-order chi connectivity index (χ0) is 14.4. The van der Waals surface area contributed by atoms with Crippen LogP contribution in [0.15, 0.2) is 24.3 Å². The largest absolute Gasteiger partial charge is 0.427 e. The molecular formula is C15H19N3O2. The van der Waals surface area contributed by atoms with E-state index in [4.69, 9.17) is 10.00 Å². The van der Waals surface area contributed by atoms with Crippen molar-refractivity contribution >= 4 is 5.97 Å². The summed E-state index contributed by atoms with van der Waals surface area (Å²) in [6, 6.07) is 9.76. The summed E-state index contributed by atoms with van der Waals surface area (Å²) >= 11 is 0. The minimum absolute atomic E-state index is 0.0533. The quantitative estimate of drug-likeness (QED) is 0.665. The standard InChI is InChI=1S/C15H19N3O2/c1-12(19)20-14-4-2-3-13(11-14)15(5-6-16)18-9-7-17-8-10-18/h2-4,11,15,17H,5,7-10H2,1H3/t15-/m0/s1. The summed E-state index contributed by atoms with van der Waals surface area (Å²) in [4.78, 5) is 13.3. The third kappa shape index (κ3) is 3.80. The number of nitrogens with zero attached hydrogens (tertiary/aromatic N) is 2. The van der Waals surface area contributed by atoms with Crippen LogP contribution in [0.5, 0.6) is 5.75 Å². The number of hydrogen-bond acceptors (Lipinski definition) is 5. The molecule has 0 spiro atoms. The van der Waals surface area contributed by atoms with Crippen LogP contribution in [0.25, 0.3) is 0 Å². The number of rotatable bonds is 4. The van der Waals surface area contributed by atoms with Gasteiger partial charge in [0.15, 0.2) is 0 Å². The van der Waals surface area contributed by atoms with Gasteiger partial charge in [-0.3, -0.25) is 9.69 Å². The molecule has 2 rings (SSSR count). The van der Waals surface area contributed by atoms with Crippen molar-refractivity contribution in [2.75, 3.05) is 26.2 Å². The third-order valence-electron chi connectivity index (χ3n) is 3.38. The molecule has 20 heavy (non-hydrogen) atoms. The number of piperazine rings is 1. The first-order valence-corrected chi connectivity index (χ1v) is 6.81. The molecule has 0 aliphatic carbocycles. The minimum Gasteiger partial charge on any atom is -0.427 e. The van der Waals surface area contributed by atoms with Crippen molar-refractivity contribution in [1.29, 1.82) is 5.26 Å². The summed E-state index contributed by atoms with van der Waals surface area (Å²) in [7, 11) is 0. The molecule has 1 aliphatic rings. The van der Waals surface area contributed by atoms with E-state index in [2.05, 4.69) is 16.3 Å². The number of benzene rings is 1. The highest BCUT2D eigenvalue weighted by Gasteiger charge is 2.22. The van der Waals surface area contributed by atoms with Crippen LogP contribution in [0.4, 0.5) is 0 Å². The highest BCUT2D eigenvalue weighted by molar-refractivity contribution is 5.69. The maximum atomic E-state index is 11.0. The lowest BCUT2D eigenvalue weighted by atomic mass is 10.0. The Hall–Kier alpha value is -1.90. The highest BCUT2D eigenvalue weighted by Crippen LogP contribution is 2.27. The topological polar surface area (TPSA) is 65.4 Å². The van der Waals surface area contributed by atoms with Crippen LogP contribution in [-0.4, -0.2) is 37.0 Å². The van der Waals surface area contributed by atoms with Gasteiger partial charge in [0.2, 0.25) is 0 Å². The molecule has 0 bridgehead atoms. The number of nitriles is 1. The van der Waals surface area contributed by atoms with Crippen LogP contribution in [-0.2, 0) is 4.79 Å². The van der Waals surface area contributed by atoms with Gasteiger partial charge in [-0.1, -0.05) is 12.1 Å². The fourth-order valence-electron chi connectivity index (χ4n) is 2.49. The zero-order valence-corrected chi connectivity index (χ0v) is 11.6. The normalized spacial score (nSPS) is 17.2. The third-order valence-corrected chi connectivity index (χ3v) is 3.38. The smallest absolute Gasteiger partial charge is 0.308 e. The van der Waals surface area contributed by atoms with Gasteiger partial charge in [-0.2, -0.15) is 5.26 Å². The average Bonchev–Trinajstić information content (AvgIpc) is 2.45. The van der Waals surface area contributed by atoms with Gasteiger partial charge in [0.1, 0.15) is 5.75 Å². The Morgan fingerprint density at radius 3 is 2.90 bits per heavy atom. The summed E-state index contributed by atoms with van der Waals surface area (Å²) in [5.41, 5.74) is 1.02. The molecule has 1 atom stereocenters. The lowest BCUT2D eigenvalue weighted by Crippen LogP contribution is -2.45. The first-order valence-electron chi connectivity index (χ1n) is 6.81. The molecule has 1 aromatic carbocycles. The average molecular weight is 273 g/mol. The molecule has 0 unspecified atom stereocenters. The number of nitrogens with one attached hydrogen (secondary N) is 1. The monoisotopic (exact) mass is 273 g/mol. The van der Waals surface area contributed by atoms with Gasteiger partial charge < -0.3 is 10.1 Å². The Balaban J connectivity index is 2.19. The number of hydrogen-bond donors (Lipinski definition) is 1. The van der Waals surface area contributed by atoms with Crippen molar-refractivity contribution in [2.24, 2.45) is 0 Å². The molecule has 1 N–H and O–H groups in total. The van der Waals surface area contributed by atoms with E-state index >= 15 is 0 Å². The van der Waals surface area contributed by atoms with E-state index in [1.54, 1.807) is 6.07 Å². The van der Waals surface area contributed by atoms with Crippen LogP contribution in [0.1, 0.15) is 24.9 Å². The van der Waals surface area contributed by atoms with Gasteiger partial charge in [-0.05, 0) is 17.7 Å². The molecule has 0 saturated carbocycles. The molecule has 1 saturated heterocycles. The summed E-state index contributed by atoms with van der Waals surface area (Å²) in [6.45, 7) is 5.10. The molecule has 0 radical (unpaired) electrons. The van der Waals surface area contributed by atoms with E-state index in [0.717, 1.165) is 31.7 Å². The zero-order valence-electron chi connectivity index (χ0n) is 11.6. The molecule has 0 aromatic heterocycles. The van der Waals surface area contributed by atoms with Crippen molar-refractivity contribution in [3.8, 4) is 11.8 Å². The van der Waals surface area contributed by atoms with Crippen molar-refractivity contribution in [1.82, 2.24) is 10.2 Å². The Morgan fingerprint density at radius 2 is 2.25 bits per heavy atom. The lowest BCUT2D eigenvalue weighted by molar-refractivity contribution is -0.131. The predicted octanol–water partition coefficient (Wildman–Crippen LogP) is 1.47. The molecule has 1 aliphatic heterocycles. The van der Waals surface area contributed by atoms with Crippen LogP contribution < -0.4 is 10.1 Å². The van der Waals surface area contributed by atoms with E-state index in [1.165, 1.54) is 6.92 Å². The second-order valence-corrected chi connectivity index (χ2v) is 4.83. The van der Waals surface area contributed by atoms with Gasteiger partial charge in [0.05, 0.1) is 12.5 Å². The van der Waals surface area contributed by atoms with Crippen LogP contribution in [0, 0.1) is 11.3 Å². The summed E-state index contributed by atoms with van der Waals surface area (Å²) in [5, 5.41) is 12.4. The summed E-state index contributed by atoms with van der Waals surface area (Å²) < 4.78 is 5.12. The number of carbonyl (C=O) groups excluding carboxylic acids is 1. The molecule has 106 valence electrons. The van der Waals surface area contributed by atoms with Crippen LogP contribution in [0.3, 0.4) is 0 Å². The minimum atomic E-state index is -0.332. The molecular weight excluding hydrogens is 254 g/mol. The van der Waals surface area contributed by atoms with Crippen LogP contribution >= 0.6 is 0 Å². The fourth-order valence-corrected chi connectivity index (χ4v) is 2.49. The molecule has 5 nitrogen and oxygen atoms in total. The predicted molar refractivity (Wildman–Crippen MR) is 75.2 cm³/mol. The molecule has 0 amide bonds. The molecule has 1 heterocycles. The Kier molecular flexibility index (Phi) is 5.10. The lowest BCUT2D eigenvalue weighted by Gasteiger charge is -2.34. The van der Waals surface area contributed by atoms with Gasteiger partial charge in [0, 0.05) is 39.1 Å². The van der Waals surface area contributed by atoms with Crippen molar-refractivity contribution in [3.05, 3.63) is 29.8 Å². The van der Waals surface area contributed by atoms with E-state index in [1.807, 2.05) is 18.2 Å². The van der Waals surface area contributed by atoms with Crippen molar-refractivity contribution < 1.29 is 9.53 Å². The van der Waals surface area contributed by atoms with Gasteiger partial charge >= 0.3 is 5.97 Å². The van der Waals surface area contributed by atoms with Gasteiger partial charge in [-0.25, -0.2) is 0 Å². The Morgan fingerprint density at radius 1 is 1.50 bits per heavy atom. The van der Waals surface area contributed by atoms with Gasteiger partial charge in [0.25, 0.3) is 0 Å². The van der Waals surface area contributed by atoms with Crippen molar-refractivity contribution in [2.45, 2.75) is 19.4 Å². The Labute approximate surface area is 119 Å². The number of esters is 1. The maximum absolute atomic E-state index is 11.0. The summed E-state index contributed by atoms with van der Waals surface area (Å²) in [5.74, 6) is 0.203. The maximum Gasteiger partial charge on any atom is 0.308 e. The van der Waals surface area contributed by atoms with Crippen LogP contribution in [0.2, 0.25) is 0 Å². The van der Waals surface area contributed by atoms with Gasteiger partial charge in [-0.15, -0.1) is 0 Å². The van der Waals surface area contributed by atoms with E-state index in [-0.39, 0.29) is 12.0 Å². The number of ether oxygens (including phenoxy) is 1. The highest BCUT2D eigenvalue weighted by atomic mass is 16.5. The first kappa shape index (κ1) is 14.5. The SMILES string of the molecule is CC(=O)Oc1cccc([C@H](CC#N)N2CCNCC2)c1. The fraction of sp³-hybridized carbons (Fsp3) is 0.467. The van der Waals surface area contributed by atoms with E-state index in [0.29, 0.717) is 12.2 Å². The second kappa shape index (κ2) is 7.04. The second-order valence-electron chi connectivity index (χ2n) is 4.83. The number of carbonyl (C=O) groups is 1. The first-order chi connectivity index (χ1) is 9.70.